The fourth-order valence-electron chi connectivity index (χ4n) is 4.18. The Bertz CT molecular complexity index is 1320. The van der Waals surface area contributed by atoms with Gasteiger partial charge >= 0.3 is 6.03 Å². The van der Waals surface area contributed by atoms with Crippen LogP contribution in [0.1, 0.15) is 12.6 Å². The van der Waals surface area contributed by atoms with Crippen molar-refractivity contribution in [3.05, 3.63) is 96.7 Å². The predicted molar refractivity (Wildman–Crippen MR) is 148 cm³/mol. The van der Waals surface area contributed by atoms with E-state index in [2.05, 4.69) is 27.8 Å². The zero-order chi connectivity index (χ0) is 25.5. The number of carbonyl (C=O) groups is 1. The maximum absolute atomic E-state index is 12.4. The number of nitrogens with zero attached hydrogens (tertiary/aromatic N) is 3. The van der Waals surface area contributed by atoms with Gasteiger partial charge in [-0.3, -0.25) is 0 Å². The van der Waals surface area contributed by atoms with Crippen LogP contribution >= 0.6 is 0 Å². The summed E-state index contributed by atoms with van der Waals surface area (Å²) in [6.07, 6.45) is 0. The van der Waals surface area contributed by atoms with Crippen molar-refractivity contribution in [1.29, 1.82) is 0 Å². The summed E-state index contributed by atoms with van der Waals surface area (Å²) >= 11 is 0. The smallest absolute Gasteiger partial charge is 0.323 e. The van der Waals surface area contributed by atoms with Crippen LogP contribution in [0.15, 0.2) is 91.0 Å². The van der Waals surface area contributed by atoms with Gasteiger partial charge in [0.2, 0.25) is 0 Å². The van der Waals surface area contributed by atoms with Crippen LogP contribution in [0.4, 0.5) is 27.7 Å². The first-order valence-electron chi connectivity index (χ1n) is 12.4. The van der Waals surface area contributed by atoms with Crippen molar-refractivity contribution < 1.29 is 9.53 Å². The molecular weight excluding hydrogens is 464 g/mol. The summed E-state index contributed by atoms with van der Waals surface area (Å²) < 4.78 is 5.63. The molecule has 1 aliphatic heterocycles. The minimum absolute atomic E-state index is 0.223. The Morgan fingerprint density at radius 2 is 1.54 bits per heavy atom. The summed E-state index contributed by atoms with van der Waals surface area (Å²) in [7, 11) is 0. The molecule has 5 rings (SSSR count). The van der Waals surface area contributed by atoms with E-state index in [1.165, 1.54) is 0 Å². The van der Waals surface area contributed by atoms with E-state index in [4.69, 9.17) is 14.7 Å². The molecule has 1 aliphatic rings. The second-order valence-electron chi connectivity index (χ2n) is 8.90. The minimum Gasteiger partial charge on any atom is -0.379 e. The van der Waals surface area contributed by atoms with Crippen LogP contribution in [-0.2, 0) is 11.3 Å². The molecule has 0 bridgehead atoms. The Labute approximate surface area is 216 Å². The minimum atomic E-state index is -0.298. The van der Waals surface area contributed by atoms with E-state index >= 15 is 0 Å². The molecule has 0 spiro atoms. The first kappa shape index (κ1) is 24.3. The van der Waals surface area contributed by atoms with Gasteiger partial charge in [0, 0.05) is 35.2 Å². The van der Waals surface area contributed by atoms with Crippen LogP contribution in [0.3, 0.4) is 0 Å². The highest BCUT2D eigenvalue weighted by atomic mass is 16.5. The fraction of sp³-hybridized carbons (Fsp3) is 0.207. The van der Waals surface area contributed by atoms with E-state index < -0.39 is 0 Å². The molecule has 188 valence electrons. The van der Waals surface area contributed by atoms with Gasteiger partial charge in [-0.2, -0.15) is 0 Å². The van der Waals surface area contributed by atoms with E-state index in [9.17, 15) is 4.79 Å². The quantitative estimate of drug-likeness (QED) is 0.309. The molecule has 37 heavy (non-hydrogen) atoms. The third-order valence-electron chi connectivity index (χ3n) is 6.11. The fourth-order valence-corrected chi connectivity index (χ4v) is 4.18. The molecule has 4 aromatic rings. The normalized spacial score (nSPS) is 15.2. The highest BCUT2D eigenvalue weighted by Crippen LogP contribution is 2.25. The predicted octanol–water partition coefficient (Wildman–Crippen LogP) is 5.62. The lowest BCUT2D eigenvalue weighted by Crippen LogP contribution is -2.44. The van der Waals surface area contributed by atoms with Gasteiger partial charge < -0.3 is 25.6 Å². The van der Waals surface area contributed by atoms with Crippen molar-refractivity contribution in [1.82, 2.24) is 9.97 Å². The van der Waals surface area contributed by atoms with Crippen LogP contribution in [0, 0.1) is 0 Å². The monoisotopic (exact) mass is 494 g/mol. The Hall–Kier alpha value is -4.43. The maximum atomic E-state index is 12.4. The van der Waals surface area contributed by atoms with Crippen molar-refractivity contribution >= 4 is 28.9 Å². The molecule has 3 N–H and O–H groups in total. The van der Waals surface area contributed by atoms with Gasteiger partial charge in [0.05, 0.1) is 31.5 Å². The summed E-state index contributed by atoms with van der Waals surface area (Å²) in [4.78, 5) is 24.4. The lowest BCUT2D eigenvalue weighted by molar-refractivity contribution is 0.0985. The number of hydrogen-bond donors (Lipinski definition) is 3. The highest BCUT2D eigenvalue weighted by molar-refractivity contribution is 5.99. The summed E-state index contributed by atoms with van der Waals surface area (Å²) in [5, 5.41) is 9.13. The average molecular weight is 495 g/mol. The number of aromatic nitrogens is 2. The second-order valence-corrected chi connectivity index (χ2v) is 8.90. The summed E-state index contributed by atoms with van der Waals surface area (Å²) in [6, 6.07) is 28.9. The lowest BCUT2D eigenvalue weighted by atomic mass is 10.1. The van der Waals surface area contributed by atoms with Gasteiger partial charge in [0.1, 0.15) is 5.82 Å². The molecular formula is C29H30N6O2. The van der Waals surface area contributed by atoms with Gasteiger partial charge in [-0.1, -0.05) is 36.4 Å². The molecule has 1 atom stereocenters. The van der Waals surface area contributed by atoms with Crippen LogP contribution in [-0.4, -0.2) is 41.8 Å². The topological polar surface area (TPSA) is 91.4 Å². The number of benzene rings is 3. The molecule has 3 aromatic carbocycles. The van der Waals surface area contributed by atoms with E-state index in [-0.39, 0.29) is 12.1 Å². The molecule has 0 unspecified atom stereocenters. The van der Waals surface area contributed by atoms with Crippen LogP contribution < -0.4 is 20.9 Å². The van der Waals surface area contributed by atoms with Crippen molar-refractivity contribution in [2.24, 2.45) is 0 Å². The second kappa shape index (κ2) is 11.5. The molecule has 2 amide bonds. The van der Waals surface area contributed by atoms with Gasteiger partial charge in [-0.05, 0) is 55.5 Å². The van der Waals surface area contributed by atoms with Crippen LogP contribution in [0.25, 0.3) is 11.4 Å². The Balaban J connectivity index is 1.35. The van der Waals surface area contributed by atoms with E-state index in [1.807, 2.05) is 91.0 Å². The Morgan fingerprint density at radius 1 is 0.892 bits per heavy atom. The number of urea groups is 1. The highest BCUT2D eigenvalue weighted by Gasteiger charge is 2.22. The van der Waals surface area contributed by atoms with Crippen molar-refractivity contribution in [2.45, 2.75) is 19.5 Å². The number of nitrogens with one attached hydrogen (secondary N) is 3. The third kappa shape index (κ3) is 6.42. The van der Waals surface area contributed by atoms with Gasteiger partial charge in [0.25, 0.3) is 0 Å². The Morgan fingerprint density at radius 3 is 2.22 bits per heavy atom. The van der Waals surface area contributed by atoms with Crippen LogP contribution in [0.2, 0.25) is 0 Å². The molecule has 1 aromatic heterocycles. The molecule has 2 heterocycles. The Kier molecular flexibility index (Phi) is 7.57. The van der Waals surface area contributed by atoms with Crippen molar-refractivity contribution in [3.8, 4) is 11.4 Å². The summed E-state index contributed by atoms with van der Waals surface area (Å²) in [5.41, 5.74) is 4.22. The number of anilines is 4. The summed E-state index contributed by atoms with van der Waals surface area (Å²) in [5.74, 6) is 1.52. The number of ether oxygens (including phenoxy) is 1. The number of rotatable bonds is 7. The van der Waals surface area contributed by atoms with E-state index in [0.29, 0.717) is 31.3 Å². The molecule has 8 heteroatoms. The third-order valence-corrected chi connectivity index (χ3v) is 6.11. The zero-order valence-electron chi connectivity index (χ0n) is 20.7. The van der Waals surface area contributed by atoms with Gasteiger partial charge in [0.15, 0.2) is 5.82 Å². The molecule has 1 fully saturated rings. The molecule has 8 nitrogen and oxygen atoms in total. The lowest BCUT2D eigenvalue weighted by Gasteiger charge is -2.34. The number of amides is 2. The first-order chi connectivity index (χ1) is 18.1. The molecule has 1 saturated heterocycles. The molecule has 0 radical (unpaired) electrons. The number of carbonyl (C=O) groups excluding carboxylic acids is 1. The van der Waals surface area contributed by atoms with E-state index in [0.717, 1.165) is 35.0 Å². The SMILES string of the molecule is C[C@H]1COCCN1c1cc(CNc2ccccc2)nc(-c2ccc(NC(=O)Nc3ccccc3)cc2)n1. The molecule has 0 saturated carbocycles. The zero-order valence-corrected chi connectivity index (χ0v) is 20.7. The van der Waals surface area contributed by atoms with Crippen LogP contribution in [0.5, 0.6) is 0 Å². The van der Waals surface area contributed by atoms with Gasteiger partial charge in [-0.25, -0.2) is 14.8 Å². The largest absolute Gasteiger partial charge is 0.379 e. The standard InChI is InChI=1S/C29H30N6O2/c1-21-20-37-17-16-35(21)27-18-26(19-30-23-8-4-2-5-9-23)31-28(34-27)22-12-14-25(15-13-22)33-29(36)32-24-10-6-3-7-11-24/h2-15,18,21,30H,16-17,19-20H2,1H3,(H2,32,33,36)/t21-/m0/s1. The summed E-state index contributed by atoms with van der Waals surface area (Å²) in [6.45, 7) is 4.84. The average Bonchev–Trinajstić information content (AvgIpc) is 2.93. The number of hydrogen-bond acceptors (Lipinski definition) is 6. The number of para-hydroxylation sites is 2. The first-order valence-corrected chi connectivity index (χ1v) is 12.4. The van der Waals surface area contributed by atoms with E-state index in [1.54, 1.807) is 0 Å². The van der Waals surface area contributed by atoms with Crippen molar-refractivity contribution in [2.75, 3.05) is 40.6 Å². The van der Waals surface area contributed by atoms with Crippen molar-refractivity contribution in [3.63, 3.8) is 0 Å². The number of morpholine rings is 1. The van der Waals surface area contributed by atoms with Gasteiger partial charge in [-0.15, -0.1) is 0 Å². The maximum Gasteiger partial charge on any atom is 0.323 e. The molecule has 0 aliphatic carbocycles.